The zero-order valence-electron chi connectivity index (χ0n) is 25.0. The van der Waals surface area contributed by atoms with Gasteiger partial charge in [-0.1, -0.05) is 56.3 Å². The molecule has 0 amide bonds. The number of anilines is 1. The van der Waals surface area contributed by atoms with E-state index in [1.54, 1.807) is 4.68 Å². The Balaban J connectivity index is 1.28. The molecule has 1 aliphatic heterocycles. The number of carboxylic acids is 1. The van der Waals surface area contributed by atoms with Gasteiger partial charge < -0.3 is 20.8 Å². The zero-order valence-corrected chi connectivity index (χ0v) is 25.0. The molecule has 3 unspecified atom stereocenters. The Morgan fingerprint density at radius 2 is 1.91 bits per heavy atom. The van der Waals surface area contributed by atoms with Gasteiger partial charge in [0.25, 0.3) is 0 Å². The average Bonchev–Trinajstić information content (AvgIpc) is 3.31. The molecule has 4 N–H and O–H groups in total. The number of aliphatic hydroxyl groups is 1. The molecule has 222 valence electrons. The number of aliphatic carboxylic acids is 1. The number of aryl methyl sites for hydroxylation is 1. The molecule has 1 saturated heterocycles. The number of carboxylic acid groups (broad SMARTS) is 1. The van der Waals surface area contributed by atoms with E-state index in [9.17, 15) is 15.0 Å². The minimum Gasteiger partial charge on any atom is -0.481 e. The van der Waals surface area contributed by atoms with Crippen molar-refractivity contribution in [2.24, 2.45) is 28.0 Å². The number of nitrogens with zero attached hydrogens (tertiary/aromatic N) is 5. The van der Waals surface area contributed by atoms with E-state index < -0.39 is 17.5 Å². The fraction of sp³-hybridized carbons (Fsp3) is 0.353. The SMILES string of the molecule is CC(=Nc1ccc(N2CC3CC3(C(=O)O)C2)nc1C)/C(=C(\N)c1cccc2nn(CC(O)c3ccccc3)cc12)C(C)C. The monoisotopic (exact) mass is 578 g/mol. The number of hydrogen-bond donors (Lipinski definition) is 3. The van der Waals surface area contributed by atoms with E-state index in [2.05, 4.69) is 18.7 Å². The number of aliphatic hydroxyl groups excluding tert-OH is 1. The molecule has 2 aliphatic rings. The number of aliphatic imine (C=N–C) groups is 1. The average molecular weight is 579 g/mol. The summed E-state index contributed by atoms with van der Waals surface area (Å²) >= 11 is 0. The fourth-order valence-electron chi connectivity index (χ4n) is 6.51. The fourth-order valence-corrected chi connectivity index (χ4v) is 6.51. The van der Waals surface area contributed by atoms with Crippen LogP contribution in [0.4, 0.5) is 11.5 Å². The number of piperidine rings is 1. The van der Waals surface area contributed by atoms with Crippen LogP contribution >= 0.6 is 0 Å². The first-order valence-electron chi connectivity index (χ1n) is 14.8. The summed E-state index contributed by atoms with van der Waals surface area (Å²) in [4.78, 5) is 23.6. The highest BCUT2D eigenvalue weighted by Gasteiger charge is 2.65. The maximum Gasteiger partial charge on any atom is 0.311 e. The Labute approximate surface area is 251 Å². The van der Waals surface area contributed by atoms with E-state index in [4.69, 9.17) is 20.8 Å². The second-order valence-corrected chi connectivity index (χ2v) is 12.2. The van der Waals surface area contributed by atoms with Crippen molar-refractivity contribution in [3.8, 4) is 0 Å². The minimum atomic E-state index is -0.702. The van der Waals surface area contributed by atoms with Crippen molar-refractivity contribution in [2.45, 2.75) is 46.8 Å². The molecule has 43 heavy (non-hydrogen) atoms. The van der Waals surface area contributed by atoms with Gasteiger partial charge in [-0.15, -0.1) is 0 Å². The molecule has 2 aromatic heterocycles. The number of rotatable bonds is 9. The summed E-state index contributed by atoms with van der Waals surface area (Å²) in [5, 5.41) is 26.0. The van der Waals surface area contributed by atoms with Crippen LogP contribution in [-0.4, -0.2) is 49.7 Å². The van der Waals surface area contributed by atoms with Crippen molar-refractivity contribution < 1.29 is 15.0 Å². The van der Waals surface area contributed by atoms with Gasteiger partial charge in [-0.2, -0.15) is 5.10 Å². The van der Waals surface area contributed by atoms with Gasteiger partial charge in [0.2, 0.25) is 0 Å². The van der Waals surface area contributed by atoms with E-state index in [-0.39, 0.29) is 11.8 Å². The number of carbonyl (C=O) groups is 1. The lowest BCUT2D eigenvalue weighted by atomic mass is 9.92. The molecule has 3 heterocycles. The second kappa shape index (κ2) is 11.0. The van der Waals surface area contributed by atoms with Gasteiger partial charge in [0.05, 0.1) is 35.0 Å². The third-order valence-corrected chi connectivity index (χ3v) is 8.92. The van der Waals surface area contributed by atoms with Crippen LogP contribution in [0.15, 0.2) is 77.4 Å². The van der Waals surface area contributed by atoms with Crippen molar-refractivity contribution in [1.82, 2.24) is 14.8 Å². The number of pyridine rings is 1. The molecule has 1 saturated carbocycles. The molecule has 9 heteroatoms. The van der Waals surface area contributed by atoms with Crippen LogP contribution < -0.4 is 10.6 Å². The predicted molar refractivity (Wildman–Crippen MR) is 169 cm³/mol. The highest BCUT2D eigenvalue weighted by molar-refractivity contribution is 6.08. The second-order valence-electron chi connectivity index (χ2n) is 12.2. The van der Waals surface area contributed by atoms with Crippen LogP contribution in [0.25, 0.3) is 16.6 Å². The van der Waals surface area contributed by atoms with Crippen LogP contribution in [0.3, 0.4) is 0 Å². The van der Waals surface area contributed by atoms with E-state index in [0.717, 1.165) is 63.5 Å². The van der Waals surface area contributed by atoms with Gasteiger partial charge >= 0.3 is 5.97 Å². The number of nitrogens with two attached hydrogens (primary N) is 1. The van der Waals surface area contributed by atoms with Crippen LogP contribution in [-0.2, 0) is 11.3 Å². The van der Waals surface area contributed by atoms with E-state index >= 15 is 0 Å². The third-order valence-electron chi connectivity index (χ3n) is 8.92. The standard InChI is InChI=1S/C34H38N6O3/c1-20(2)31(22(4)36-27-13-14-30(37-21(27)3)39-16-24-15-34(24,19-39)33(42)43)32(35)25-11-8-12-28-26(25)17-40(38-28)18-29(41)23-9-6-5-7-10-23/h5-14,17,20,24,29,41H,15-16,18-19,35H2,1-4H3,(H,42,43)/b32-31-,36-22?. The summed E-state index contributed by atoms with van der Waals surface area (Å²) in [6, 6.07) is 19.4. The quantitative estimate of drug-likeness (QED) is 0.224. The number of aromatic nitrogens is 3. The molecule has 2 aromatic carbocycles. The van der Waals surface area contributed by atoms with Crippen LogP contribution in [0, 0.1) is 24.2 Å². The molecular formula is C34H38N6O3. The smallest absolute Gasteiger partial charge is 0.311 e. The minimum absolute atomic E-state index is 0.102. The Bertz CT molecular complexity index is 1760. The van der Waals surface area contributed by atoms with Crippen LogP contribution in [0.1, 0.15) is 50.1 Å². The van der Waals surface area contributed by atoms with Crippen molar-refractivity contribution >= 4 is 39.8 Å². The Kier molecular flexibility index (Phi) is 7.30. The van der Waals surface area contributed by atoms with Crippen LogP contribution in [0.5, 0.6) is 0 Å². The maximum absolute atomic E-state index is 11.7. The van der Waals surface area contributed by atoms with Crippen LogP contribution in [0.2, 0.25) is 0 Å². The van der Waals surface area contributed by atoms with Gasteiger partial charge in [-0.25, -0.2) is 4.98 Å². The molecule has 0 spiro atoms. The summed E-state index contributed by atoms with van der Waals surface area (Å²) in [7, 11) is 0. The zero-order chi connectivity index (χ0) is 30.5. The van der Waals surface area contributed by atoms with Crippen molar-refractivity contribution in [3.05, 3.63) is 89.3 Å². The predicted octanol–water partition coefficient (Wildman–Crippen LogP) is 5.50. The van der Waals surface area contributed by atoms with Gasteiger partial charge in [0.1, 0.15) is 5.82 Å². The molecule has 1 aliphatic carbocycles. The number of hydrogen-bond acceptors (Lipinski definition) is 7. The molecule has 2 fully saturated rings. The lowest BCUT2D eigenvalue weighted by Gasteiger charge is -2.21. The van der Waals surface area contributed by atoms with Crippen molar-refractivity contribution in [1.29, 1.82) is 0 Å². The lowest BCUT2D eigenvalue weighted by molar-refractivity contribution is -0.143. The topological polar surface area (TPSA) is 130 Å². The number of fused-ring (bicyclic) bond motifs is 2. The number of allylic oxidation sites excluding steroid dienone is 1. The Morgan fingerprint density at radius 1 is 1.14 bits per heavy atom. The molecule has 0 radical (unpaired) electrons. The summed E-state index contributed by atoms with van der Waals surface area (Å²) in [6.45, 7) is 9.67. The van der Waals surface area contributed by atoms with E-state index in [1.165, 1.54) is 0 Å². The van der Waals surface area contributed by atoms with Gasteiger partial charge in [0.15, 0.2) is 0 Å². The van der Waals surface area contributed by atoms with Gasteiger partial charge in [0, 0.05) is 41.6 Å². The summed E-state index contributed by atoms with van der Waals surface area (Å²) in [5.74, 6) is 0.401. The molecule has 4 aromatic rings. The maximum atomic E-state index is 11.7. The first-order chi connectivity index (χ1) is 20.6. The third kappa shape index (κ3) is 5.29. The highest BCUT2D eigenvalue weighted by Crippen LogP contribution is 2.58. The van der Waals surface area contributed by atoms with Gasteiger partial charge in [-0.3, -0.25) is 14.5 Å². The Hall–Kier alpha value is -4.50. The number of benzene rings is 2. The summed E-state index contributed by atoms with van der Waals surface area (Å²) in [6.07, 6.45) is 2.03. The lowest BCUT2D eigenvalue weighted by Crippen LogP contribution is -2.29. The summed E-state index contributed by atoms with van der Waals surface area (Å²) in [5.41, 5.74) is 12.8. The molecular weight excluding hydrogens is 540 g/mol. The summed E-state index contributed by atoms with van der Waals surface area (Å²) < 4.78 is 1.77. The first-order valence-corrected chi connectivity index (χ1v) is 14.8. The van der Waals surface area contributed by atoms with E-state index in [1.807, 2.05) is 80.7 Å². The Morgan fingerprint density at radius 3 is 2.58 bits per heavy atom. The highest BCUT2D eigenvalue weighted by atomic mass is 16.4. The molecule has 3 atom stereocenters. The normalized spacial score (nSPS) is 21.2. The van der Waals surface area contributed by atoms with Crippen molar-refractivity contribution in [3.63, 3.8) is 0 Å². The molecule has 0 bridgehead atoms. The van der Waals surface area contributed by atoms with Gasteiger partial charge in [-0.05, 0) is 61.4 Å². The largest absolute Gasteiger partial charge is 0.481 e. The first kappa shape index (κ1) is 28.6. The molecule has 9 nitrogen and oxygen atoms in total. The molecule has 6 rings (SSSR count). The van der Waals surface area contributed by atoms with E-state index in [0.29, 0.717) is 18.8 Å². The van der Waals surface area contributed by atoms with Crippen molar-refractivity contribution in [2.75, 3.05) is 18.0 Å².